The Hall–Kier alpha value is -1.81. The molecule has 1 aliphatic heterocycles. The van der Waals surface area contributed by atoms with Crippen LogP contribution in [0.25, 0.3) is 0 Å². The molecule has 0 bridgehead atoms. The number of ether oxygens (including phenoxy) is 1. The molecule has 0 spiro atoms. The molecule has 1 aromatic heterocycles. The maximum atomic E-state index is 5.85. The molecule has 2 heterocycles. The van der Waals surface area contributed by atoms with Gasteiger partial charge in [-0.2, -0.15) is 5.10 Å². The first-order valence-electron chi connectivity index (χ1n) is 6.80. The van der Waals surface area contributed by atoms with Crippen LogP contribution in [0, 0.1) is 6.92 Å². The average molecular weight is 257 g/mol. The number of nitrogens with one attached hydrogen (secondary N) is 1. The van der Waals surface area contributed by atoms with Crippen LogP contribution < -0.4 is 10.1 Å². The average Bonchev–Trinajstić information content (AvgIpc) is 3.05. The fourth-order valence-corrected chi connectivity index (χ4v) is 2.43. The van der Waals surface area contributed by atoms with Crippen molar-refractivity contribution in [1.82, 2.24) is 15.1 Å². The predicted molar refractivity (Wildman–Crippen MR) is 74.5 cm³/mol. The number of rotatable bonds is 4. The SMILES string of the molecule is Cc1ccccc1Oc1cnn(CC2CCCN2)c1. The Bertz CT molecular complexity index is 544. The second kappa shape index (κ2) is 5.45. The smallest absolute Gasteiger partial charge is 0.165 e. The molecule has 1 saturated heterocycles. The molecular weight excluding hydrogens is 238 g/mol. The van der Waals surface area contributed by atoms with E-state index < -0.39 is 0 Å². The Balaban J connectivity index is 1.66. The van der Waals surface area contributed by atoms with Gasteiger partial charge in [-0.25, -0.2) is 0 Å². The lowest BCUT2D eigenvalue weighted by molar-refractivity contribution is 0.463. The number of hydrogen-bond donors (Lipinski definition) is 1. The summed E-state index contributed by atoms with van der Waals surface area (Å²) in [4.78, 5) is 0. The minimum absolute atomic E-state index is 0.547. The molecule has 0 aliphatic carbocycles. The van der Waals surface area contributed by atoms with Crippen molar-refractivity contribution in [3.05, 3.63) is 42.2 Å². The standard InChI is InChI=1S/C15H19N3O/c1-12-5-2-3-7-15(12)19-14-9-17-18(11-14)10-13-6-4-8-16-13/h2-3,5,7,9,11,13,16H,4,6,8,10H2,1H3. The molecule has 1 unspecified atom stereocenters. The van der Waals surface area contributed by atoms with E-state index in [-0.39, 0.29) is 0 Å². The summed E-state index contributed by atoms with van der Waals surface area (Å²) in [7, 11) is 0. The molecule has 1 N–H and O–H groups in total. The highest BCUT2D eigenvalue weighted by Gasteiger charge is 2.15. The zero-order valence-corrected chi connectivity index (χ0v) is 11.2. The molecule has 1 fully saturated rings. The van der Waals surface area contributed by atoms with Crippen LogP contribution in [0.3, 0.4) is 0 Å². The Morgan fingerprint density at radius 3 is 3.11 bits per heavy atom. The molecule has 1 aliphatic rings. The summed E-state index contributed by atoms with van der Waals surface area (Å²) in [5.41, 5.74) is 1.13. The largest absolute Gasteiger partial charge is 0.454 e. The van der Waals surface area contributed by atoms with Crippen LogP contribution in [0.4, 0.5) is 0 Å². The predicted octanol–water partition coefficient (Wildman–Crippen LogP) is 2.74. The van der Waals surface area contributed by atoms with E-state index in [9.17, 15) is 0 Å². The first-order valence-corrected chi connectivity index (χ1v) is 6.80. The highest BCUT2D eigenvalue weighted by atomic mass is 16.5. The third-order valence-corrected chi connectivity index (χ3v) is 3.50. The van der Waals surface area contributed by atoms with Crippen molar-refractivity contribution in [2.24, 2.45) is 0 Å². The topological polar surface area (TPSA) is 39.1 Å². The zero-order chi connectivity index (χ0) is 13.1. The van der Waals surface area contributed by atoms with Crippen LogP contribution in [0.5, 0.6) is 11.5 Å². The summed E-state index contributed by atoms with van der Waals surface area (Å²) in [6.07, 6.45) is 6.24. The second-order valence-corrected chi connectivity index (χ2v) is 5.06. The Morgan fingerprint density at radius 2 is 2.32 bits per heavy atom. The Kier molecular flexibility index (Phi) is 3.51. The third-order valence-electron chi connectivity index (χ3n) is 3.50. The molecule has 0 radical (unpaired) electrons. The molecule has 2 aromatic rings. The van der Waals surface area contributed by atoms with Crippen LogP contribution in [0.2, 0.25) is 0 Å². The molecule has 0 saturated carbocycles. The zero-order valence-electron chi connectivity index (χ0n) is 11.2. The van der Waals surface area contributed by atoms with E-state index in [0.717, 1.165) is 30.2 Å². The summed E-state index contributed by atoms with van der Waals surface area (Å²) < 4.78 is 7.81. The van der Waals surface area contributed by atoms with Crippen LogP contribution in [0.1, 0.15) is 18.4 Å². The maximum Gasteiger partial charge on any atom is 0.165 e. The van der Waals surface area contributed by atoms with Gasteiger partial charge in [-0.3, -0.25) is 4.68 Å². The summed E-state index contributed by atoms with van der Waals surface area (Å²) in [5, 5.41) is 7.83. The van der Waals surface area contributed by atoms with Gasteiger partial charge < -0.3 is 10.1 Å². The fraction of sp³-hybridized carbons (Fsp3) is 0.400. The second-order valence-electron chi connectivity index (χ2n) is 5.06. The van der Waals surface area contributed by atoms with Crippen LogP contribution in [-0.2, 0) is 6.54 Å². The number of aryl methyl sites for hydroxylation is 1. The van der Waals surface area contributed by atoms with Crippen LogP contribution in [-0.4, -0.2) is 22.4 Å². The maximum absolute atomic E-state index is 5.85. The molecule has 1 atom stereocenters. The van der Waals surface area contributed by atoms with Crippen molar-refractivity contribution in [3.63, 3.8) is 0 Å². The van der Waals surface area contributed by atoms with Crippen molar-refractivity contribution in [2.45, 2.75) is 32.4 Å². The van der Waals surface area contributed by atoms with Crippen molar-refractivity contribution in [2.75, 3.05) is 6.54 Å². The summed E-state index contributed by atoms with van der Waals surface area (Å²) in [6.45, 7) is 4.08. The molecule has 4 heteroatoms. The number of hydrogen-bond acceptors (Lipinski definition) is 3. The number of nitrogens with zero attached hydrogens (tertiary/aromatic N) is 2. The fourth-order valence-electron chi connectivity index (χ4n) is 2.43. The minimum Gasteiger partial charge on any atom is -0.454 e. The van der Waals surface area contributed by atoms with E-state index in [0.29, 0.717) is 6.04 Å². The lowest BCUT2D eigenvalue weighted by Gasteiger charge is -2.09. The molecule has 4 nitrogen and oxygen atoms in total. The van der Waals surface area contributed by atoms with Gasteiger partial charge >= 0.3 is 0 Å². The van der Waals surface area contributed by atoms with Crippen LogP contribution in [0.15, 0.2) is 36.7 Å². The van der Waals surface area contributed by atoms with Gasteiger partial charge in [-0.15, -0.1) is 0 Å². The van der Waals surface area contributed by atoms with Gasteiger partial charge in [-0.05, 0) is 37.9 Å². The van der Waals surface area contributed by atoms with Gasteiger partial charge in [0.15, 0.2) is 5.75 Å². The van der Waals surface area contributed by atoms with E-state index in [1.165, 1.54) is 12.8 Å². The quantitative estimate of drug-likeness (QED) is 0.915. The first kappa shape index (κ1) is 12.2. The molecular formula is C15H19N3O. The van der Waals surface area contributed by atoms with E-state index in [1.807, 2.05) is 42.1 Å². The summed E-state index contributed by atoms with van der Waals surface area (Å²) >= 11 is 0. The van der Waals surface area contributed by atoms with Crippen molar-refractivity contribution in [1.29, 1.82) is 0 Å². The van der Waals surface area contributed by atoms with Gasteiger partial charge in [0.05, 0.1) is 18.9 Å². The van der Waals surface area contributed by atoms with Crippen molar-refractivity contribution < 1.29 is 4.74 Å². The summed E-state index contributed by atoms with van der Waals surface area (Å²) in [5.74, 6) is 1.69. The van der Waals surface area contributed by atoms with Gasteiger partial charge in [0.1, 0.15) is 5.75 Å². The van der Waals surface area contributed by atoms with Crippen molar-refractivity contribution in [3.8, 4) is 11.5 Å². The monoisotopic (exact) mass is 257 g/mol. The normalized spacial score (nSPS) is 18.7. The van der Waals surface area contributed by atoms with E-state index in [4.69, 9.17) is 4.74 Å². The van der Waals surface area contributed by atoms with Crippen molar-refractivity contribution >= 4 is 0 Å². The Labute approximate surface area is 113 Å². The third kappa shape index (κ3) is 2.96. The summed E-state index contributed by atoms with van der Waals surface area (Å²) in [6, 6.07) is 8.56. The van der Waals surface area contributed by atoms with Crippen LogP contribution >= 0.6 is 0 Å². The highest BCUT2D eigenvalue weighted by Crippen LogP contribution is 2.24. The lowest BCUT2D eigenvalue weighted by atomic mass is 10.2. The number of para-hydroxylation sites is 1. The van der Waals surface area contributed by atoms with E-state index in [1.54, 1.807) is 6.20 Å². The molecule has 1 aromatic carbocycles. The van der Waals surface area contributed by atoms with E-state index >= 15 is 0 Å². The molecule has 3 rings (SSSR count). The molecule has 0 amide bonds. The van der Waals surface area contributed by atoms with Gasteiger partial charge in [0.2, 0.25) is 0 Å². The molecule has 100 valence electrons. The lowest BCUT2D eigenvalue weighted by Crippen LogP contribution is -2.26. The first-order chi connectivity index (χ1) is 9.31. The van der Waals surface area contributed by atoms with Gasteiger partial charge in [-0.1, -0.05) is 18.2 Å². The van der Waals surface area contributed by atoms with E-state index in [2.05, 4.69) is 10.4 Å². The minimum atomic E-state index is 0.547. The highest BCUT2D eigenvalue weighted by molar-refractivity contribution is 5.35. The molecule has 19 heavy (non-hydrogen) atoms. The number of aromatic nitrogens is 2. The van der Waals surface area contributed by atoms with Gasteiger partial charge in [0.25, 0.3) is 0 Å². The Morgan fingerprint density at radius 1 is 1.42 bits per heavy atom. The number of benzene rings is 1. The van der Waals surface area contributed by atoms with Gasteiger partial charge in [0, 0.05) is 6.04 Å².